The van der Waals surface area contributed by atoms with Crippen LogP contribution in [0.2, 0.25) is 0 Å². The van der Waals surface area contributed by atoms with Gasteiger partial charge in [-0.2, -0.15) is 12.1 Å². The van der Waals surface area contributed by atoms with Gasteiger partial charge in [0.2, 0.25) is 0 Å². The Morgan fingerprint density at radius 2 is 0.761 bits per heavy atom. The molecular formula is C44H36SiTi. The minimum absolute atomic E-state index is 0.545. The molecule has 0 saturated heterocycles. The van der Waals surface area contributed by atoms with Crippen LogP contribution in [-0.4, -0.2) is 6.19 Å². The predicted octanol–water partition coefficient (Wildman–Crippen LogP) is 10.4. The summed E-state index contributed by atoms with van der Waals surface area (Å²) in [7, 11) is 0. The van der Waals surface area contributed by atoms with E-state index in [1.807, 2.05) is 0 Å². The van der Waals surface area contributed by atoms with E-state index in [2.05, 4.69) is 215 Å². The third-order valence-corrected chi connectivity index (χ3v) is 12.6. The summed E-state index contributed by atoms with van der Waals surface area (Å²) in [6.07, 6.45) is -0.545. The summed E-state index contributed by atoms with van der Waals surface area (Å²) in [6.45, 7) is 4.30. The van der Waals surface area contributed by atoms with Crippen molar-refractivity contribution < 1.29 is 19.2 Å². The SMILES string of the molecule is Cc1cc2c(-c3ccccc3)cccc2[cH-]1.Cc1cc2c(-c3ccccc3)cccc2[cH-]1.[Ti+2]=[Si](c1ccccc1)c1ccccc1. The summed E-state index contributed by atoms with van der Waals surface area (Å²) in [4.78, 5) is 0. The van der Waals surface area contributed by atoms with Crippen LogP contribution < -0.4 is 10.4 Å². The Morgan fingerprint density at radius 1 is 0.413 bits per heavy atom. The molecule has 0 atom stereocenters. The zero-order valence-electron chi connectivity index (χ0n) is 26.3. The summed E-state index contributed by atoms with van der Waals surface area (Å²) in [5.74, 6) is 0. The van der Waals surface area contributed by atoms with E-state index in [1.54, 1.807) is 0 Å². The standard InChI is InChI=1S/2C16H13.C12H10Si.Ti/c2*1-12-10-14-8-5-9-15(16(14)11-12)13-6-3-2-4-7-13;1-3-7-11(8-4-1)13-12-9-5-2-6-10-12;/h2*2-11H,1H3;1-10H;/q2*-1;;+2. The van der Waals surface area contributed by atoms with Crippen LogP contribution in [0.4, 0.5) is 0 Å². The first-order valence-electron chi connectivity index (χ1n) is 15.7. The number of rotatable bonds is 4. The van der Waals surface area contributed by atoms with Gasteiger partial charge in [0.25, 0.3) is 0 Å². The van der Waals surface area contributed by atoms with E-state index in [0.29, 0.717) is 0 Å². The van der Waals surface area contributed by atoms with Crippen molar-refractivity contribution in [2.24, 2.45) is 0 Å². The molecule has 0 amide bonds. The van der Waals surface area contributed by atoms with E-state index >= 15 is 0 Å². The molecule has 46 heavy (non-hydrogen) atoms. The molecule has 8 aromatic carbocycles. The van der Waals surface area contributed by atoms with E-state index in [9.17, 15) is 0 Å². The van der Waals surface area contributed by atoms with Crippen LogP contribution in [0.3, 0.4) is 0 Å². The molecule has 0 N–H and O–H groups in total. The maximum atomic E-state index is 2.34. The Bertz CT molecular complexity index is 2000. The van der Waals surface area contributed by atoms with E-state index in [0.717, 1.165) is 0 Å². The van der Waals surface area contributed by atoms with E-state index in [1.165, 1.54) is 65.3 Å². The number of hydrogen-bond acceptors (Lipinski definition) is 0. The second-order valence-corrected chi connectivity index (χ2v) is 15.8. The Morgan fingerprint density at radius 3 is 1.13 bits per heavy atom. The summed E-state index contributed by atoms with van der Waals surface area (Å²) >= 11 is 2.34. The molecule has 220 valence electrons. The van der Waals surface area contributed by atoms with Crippen molar-refractivity contribution in [2.75, 3.05) is 0 Å². The van der Waals surface area contributed by atoms with E-state index in [4.69, 9.17) is 0 Å². The quantitative estimate of drug-likeness (QED) is 0.133. The van der Waals surface area contributed by atoms with E-state index < -0.39 is 6.19 Å². The van der Waals surface area contributed by atoms with Crippen molar-refractivity contribution >= 4 is 38.1 Å². The molecule has 8 aromatic rings. The van der Waals surface area contributed by atoms with Crippen molar-refractivity contribution in [3.8, 4) is 22.3 Å². The number of hydrogen-bond donors (Lipinski definition) is 0. The number of aryl methyl sites for hydroxylation is 2. The van der Waals surface area contributed by atoms with Gasteiger partial charge in [0, 0.05) is 0 Å². The van der Waals surface area contributed by atoms with Crippen LogP contribution in [0.25, 0.3) is 43.8 Å². The third-order valence-electron chi connectivity index (χ3n) is 8.08. The molecule has 0 aromatic heterocycles. The fraction of sp³-hybridized carbons (Fsp3) is 0.0455. The minimum atomic E-state index is -0.545. The van der Waals surface area contributed by atoms with Crippen molar-refractivity contribution in [2.45, 2.75) is 13.8 Å². The van der Waals surface area contributed by atoms with Gasteiger partial charge < -0.3 is 0 Å². The molecule has 0 radical (unpaired) electrons. The molecule has 0 fully saturated rings. The van der Waals surface area contributed by atoms with E-state index in [-0.39, 0.29) is 0 Å². The van der Waals surface area contributed by atoms with Crippen LogP contribution in [0.1, 0.15) is 11.1 Å². The Kier molecular flexibility index (Phi) is 10.4. The molecule has 0 nitrogen and oxygen atoms in total. The van der Waals surface area contributed by atoms with Gasteiger partial charge >= 0.3 is 96.4 Å². The van der Waals surface area contributed by atoms with Gasteiger partial charge in [-0.05, 0) is 11.1 Å². The zero-order chi connectivity index (χ0) is 31.7. The van der Waals surface area contributed by atoms with Crippen molar-refractivity contribution in [1.29, 1.82) is 0 Å². The van der Waals surface area contributed by atoms with Gasteiger partial charge in [-0.25, -0.2) is 0 Å². The van der Waals surface area contributed by atoms with Gasteiger partial charge in [0.1, 0.15) is 0 Å². The van der Waals surface area contributed by atoms with Gasteiger partial charge in [-0.15, -0.1) is 69.1 Å². The van der Waals surface area contributed by atoms with Gasteiger partial charge in [-0.1, -0.05) is 97.8 Å². The summed E-state index contributed by atoms with van der Waals surface area (Å²) < 4.78 is 0. The second kappa shape index (κ2) is 15.2. The zero-order valence-corrected chi connectivity index (χ0v) is 28.9. The van der Waals surface area contributed by atoms with Gasteiger partial charge in [-0.3, -0.25) is 0 Å². The molecule has 0 unspecified atom stereocenters. The average molecular weight is 641 g/mol. The first kappa shape index (κ1) is 31.5. The molecule has 0 aliphatic rings. The second-order valence-electron chi connectivity index (χ2n) is 11.5. The molecule has 0 bridgehead atoms. The molecule has 0 heterocycles. The van der Waals surface area contributed by atoms with Crippen molar-refractivity contribution in [3.05, 3.63) is 193 Å². The van der Waals surface area contributed by atoms with Crippen LogP contribution >= 0.6 is 0 Å². The first-order chi connectivity index (χ1) is 22.6. The maximum absolute atomic E-state index is 2.34. The van der Waals surface area contributed by atoms with Crippen LogP contribution in [0.5, 0.6) is 0 Å². The Balaban J connectivity index is 0.000000122. The number of benzene rings is 6. The molecule has 0 aliphatic heterocycles. The molecule has 0 spiro atoms. The summed E-state index contributed by atoms with van der Waals surface area (Å²) in [6, 6.07) is 64.6. The average Bonchev–Trinajstić information content (AvgIpc) is 3.70. The normalized spacial score (nSPS) is 10.5. The molecule has 0 saturated carbocycles. The van der Waals surface area contributed by atoms with Crippen molar-refractivity contribution in [3.63, 3.8) is 0 Å². The number of fused-ring (bicyclic) bond motifs is 2. The monoisotopic (exact) mass is 640 g/mol. The molecule has 8 rings (SSSR count). The van der Waals surface area contributed by atoms with Crippen LogP contribution in [0.15, 0.2) is 182 Å². The third kappa shape index (κ3) is 7.64. The van der Waals surface area contributed by atoms with Gasteiger partial charge in [0.15, 0.2) is 0 Å². The topological polar surface area (TPSA) is 0 Å². The molecular weight excluding hydrogens is 604 g/mol. The summed E-state index contributed by atoms with van der Waals surface area (Å²) in [5, 5.41) is 8.32. The van der Waals surface area contributed by atoms with Crippen LogP contribution in [-0.2, 0) is 19.2 Å². The van der Waals surface area contributed by atoms with Gasteiger partial charge in [0.05, 0.1) is 0 Å². The first-order valence-corrected chi connectivity index (χ1v) is 19.5. The fourth-order valence-corrected chi connectivity index (χ4v) is 8.83. The Hall–Kier alpha value is -4.53. The van der Waals surface area contributed by atoms with Crippen molar-refractivity contribution in [1.82, 2.24) is 0 Å². The van der Waals surface area contributed by atoms with Crippen LogP contribution in [0, 0.1) is 13.8 Å². The molecule has 0 aliphatic carbocycles. The molecule has 2 heteroatoms. The summed E-state index contributed by atoms with van der Waals surface area (Å²) in [5.41, 5.74) is 7.89. The fourth-order valence-electron chi connectivity index (χ4n) is 5.88. The predicted molar refractivity (Wildman–Crippen MR) is 197 cm³/mol. The Labute approximate surface area is 285 Å².